The Morgan fingerprint density at radius 1 is 1.31 bits per heavy atom. The van der Waals surface area contributed by atoms with Crippen molar-refractivity contribution in [3.63, 3.8) is 0 Å². The molecule has 0 saturated carbocycles. The van der Waals surface area contributed by atoms with E-state index in [4.69, 9.17) is 0 Å². The van der Waals surface area contributed by atoms with Gasteiger partial charge in [0.25, 0.3) is 0 Å². The van der Waals surface area contributed by atoms with E-state index in [9.17, 15) is 0 Å². The highest BCUT2D eigenvalue weighted by molar-refractivity contribution is 6.59. The molecule has 0 aliphatic carbocycles. The number of aromatic amines is 1. The Bertz CT molecular complexity index is 241. The highest BCUT2D eigenvalue weighted by Gasteiger charge is 2.08. The first-order chi connectivity index (χ1) is 6.36. The van der Waals surface area contributed by atoms with Crippen LogP contribution in [0.3, 0.4) is 0 Å². The molecule has 13 heavy (non-hydrogen) atoms. The quantitative estimate of drug-likeness (QED) is 0.524. The lowest BCUT2D eigenvalue weighted by molar-refractivity contribution is 1.18. The maximum atomic E-state index is 3.79. The molecule has 1 nitrogen and oxygen atoms in total. The van der Waals surface area contributed by atoms with E-state index in [0.29, 0.717) is 0 Å². The third kappa shape index (κ3) is 3.47. The van der Waals surface area contributed by atoms with Gasteiger partial charge in [0.1, 0.15) is 0 Å². The number of H-pyrrole nitrogens is 1. The number of nitrogens with one attached hydrogen (secondary N) is 1. The third-order valence-electron chi connectivity index (χ3n) is 1.97. The van der Waals surface area contributed by atoms with Crippen molar-refractivity contribution in [1.82, 2.24) is 4.98 Å². The SMILES string of the molecule is C=CC[Si](CC=C)Cc1ccc[nH]1. The van der Waals surface area contributed by atoms with Gasteiger partial charge in [-0.1, -0.05) is 12.2 Å². The Morgan fingerprint density at radius 2 is 2.00 bits per heavy atom. The number of hydrogen-bond donors (Lipinski definition) is 1. The zero-order valence-electron chi connectivity index (χ0n) is 7.92. The van der Waals surface area contributed by atoms with E-state index in [1.807, 2.05) is 18.3 Å². The van der Waals surface area contributed by atoms with Gasteiger partial charge < -0.3 is 4.98 Å². The zero-order valence-corrected chi connectivity index (χ0v) is 8.92. The van der Waals surface area contributed by atoms with Gasteiger partial charge in [-0.05, 0) is 30.3 Å². The fourth-order valence-corrected chi connectivity index (χ4v) is 3.41. The summed E-state index contributed by atoms with van der Waals surface area (Å²) in [6.45, 7) is 7.59. The third-order valence-corrected chi connectivity index (χ3v) is 4.58. The summed E-state index contributed by atoms with van der Waals surface area (Å²) >= 11 is 0. The summed E-state index contributed by atoms with van der Waals surface area (Å²) in [5, 5.41) is 0. The fourth-order valence-electron chi connectivity index (χ4n) is 1.38. The number of rotatable bonds is 6. The summed E-state index contributed by atoms with van der Waals surface area (Å²) in [5.41, 5.74) is 1.34. The number of hydrogen-bond acceptors (Lipinski definition) is 0. The van der Waals surface area contributed by atoms with E-state index in [1.54, 1.807) is 0 Å². The van der Waals surface area contributed by atoms with Crippen molar-refractivity contribution in [2.45, 2.75) is 18.1 Å². The molecule has 0 saturated heterocycles. The van der Waals surface area contributed by atoms with E-state index < -0.39 is 0 Å². The molecule has 0 aromatic carbocycles. The highest BCUT2D eigenvalue weighted by Crippen LogP contribution is 2.08. The summed E-state index contributed by atoms with van der Waals surface area (Å²) in [7, 11) is -0.336. The van der Waals surface area contributed by atoms with Crippen molar-refractivity contribution in [3.05, 3.63) is 49.3 Å². The Balaban J connectivity index is 2.46. The summed E-state index contributed by atoms with van der Waals surface area (Å²) in [5.74, 6) is 0. The van der Waals surface area contributed by atoms with Gasteiger partial charge in [0.15, 0.2) is 0 Å². The van der Waals surface area contributed by atoms with Gasteiger partial charge in [-0.15, -0.1) is 13.2 Å². The van der Waals surface area contributed by atoms with Crippen molar-refractivity contribution < 1.29 is 0 Å². The van der Waals surface area contributed by atoms with Crippen LogP contribution in [0.4, 0.5) is 0 Å². The van der Waals surface area contributed by atoms with Crippen LogP contribution in [0.15, 0.2) is 43.6 Å². The molecule has 69 valence electrons. The minimum atomic E-state index is -0.336. The van der Waals surface area contributed by atoms with Gasteiger partial charge in [-0.25, -0.2) is 0 Å². The Hall–Kier alpha value is -1.02. The topological polar surface area (TPSA) is 15.8 Å². The molecule has 0 aliphatic rings. The first-order valence-corrected chi connectivity index (χ1v) is 6.66. The maximum absolute atomic E-state index is 3.79. The molecule has 0 bridgehead atoms. The first kappa shape index (κ1) is 10.1. The van der Waals surface area contributed by atoms with Crippen molar-refractivity contribution in [3.8, 4) is 0 Å². The maximum Gasteiger partial charge on any atom is 0.0622 e. The molecule has 0 atom stereocenters. The Morgan fingerprint density at radius 3 is 2.46 bits per heavy atom. The molecule has 0 aliphatic heterocycles. The summed E-state index contributed by atoms with van der Waals surface area (Å²) in [6, 6.07) is 7.72. The van der Waals surface area contributed by atoms with Crippen LogP contribution in [0.1, 0.15) is 5.69 Å². The zero-order chi connectivity index (χ0) is 9.52. The van der Waals surface area contributed by atoms with E-state index in [-0.39, 0.29) is 8.80 Å². The van der Waals surface area contributed by atoms with E-state index in [2.05, 4.69) is 30.3 Å². The first-order valence-electron chi connectivity index (χ1n) is 4.54. The number of aromatic nitrogens is 1. The van der Waals surface area contributed by atoms with Gasteiger partial charge in [0, 0.05) is 11.9 Å². The summed E-state index contributed by atoms with van der Waals surface area (Å²) < 4.78 is 0. The second-order valence-corrected chi connectivity index (χ2v) is 5.78. The van der Waals surface area contributed by atoms with Crippen LogP contribution in [-0.4, -0.2) is 13.8 Å². The van der Waals surface area contributed by atoms with Crippen molar-refractivity contribution >= 4 is 8.80 Å². The predicted octanol–water partition coefficient (Wildman–Crippen LogP) is 2.96. The molecule has 1 N–H and O–H groups in total. The lowest BCUT2D eigenvalue weighted by atomic mass is 10.5. The second-order valence-electron chi connectivity index (χ2n) is 3.11. The van der Waals surface area contributed by atoms with Crippen molar-refractivity contribution in [2.75, 3.05) is 0 Å². The van der Waals surface area contributed by atoms with Crippen LogP contribution in [0.25, 0.3) is 0 Å². The smallest absolute Gasteiger partial charge is 0.0622 e. The molecular formula is C11H16NSi. The molecule has 1 aromatic heterocycles. The minimum Gasteiger partial charge on any atom is -0.365 e. The van der Waals surface area contributed by atoms with E-state index in [0.717, 1.165) is 12.1 Å². The molecule has 0 fully saturated rings. The normalized spacial score (nSPS) is 10.2. The van der Waals surface area contributed by atoms with Gasteiger partial charge >= 0.3 is 0 Å². The number of allylic oxidation sites excluding steroid dienone is 2. The predicted molar refractivity (Wildman–Crippen MR) is 60.3 cm³/mol. The van der Waals surface area contributed by atoms with Gasteiger partial charge in [-0.3, -0.25) is 0 Å². The molecular weight excluding hydrogens is 174 g/mol. The van der Waals surface area contributed by atoms with Crippen molar-refractivity contribution in [1.29, 1.82) is 0 Å². The van der Waals surface area contributed by atoms with Crippen LogP contribution in [-0.2, 0) is 6.04 Å². The van der Waals surface area contributed by atoms with Gasteiger partial charge in [-0.2, -0.15) is 0 Å². The summed E-state index contributed by atoms with van der Waals surface area (Å²) in [4.78, 5) is 3.24. The molecule has 2 heteroatoms. The average molecular weight is 190 g/mol. The van der Waals surface area contributed by atoms with Gasteiger partial charge in [0.2, 0.25) is 0 Å². The Kier molecular flexibility index (Phi) is 4.33. The highest BCUT2D eigenvalue weighted by atomic mass is 28.3. The average Bonchev–Trinajstić information content (AvgIpc) is 2.58. The largest absolute Gasteiger partial charge is 0.365 e. The minimum absolute atomic E-state index is 0.336. The molecule has 0 amide bonds. The van der Waals surface area contributed by atoms with Crippen LogP contribution >= 0.6 is 0 Å². The Labute approximate surface area is 81.8 Å². The van der Waals surface area contributed by atoms with Crippen LogP contribution in [0.5, 0.6) is 0 Å². The second kappa shape index (κ2) is 5.59. The monoisotopic (exact) mass is 190 g/mol. The van der Waals surface area contributed by atoms with Crippen molar-refractivity contribution in [2.24, 2.45) is 0 Å². The fraction of sp³-hybridized carbons (Fsp3) is 0.273. The molecule has 1 aromatic rings. The lowest BCUT2D eigenvalue weighted by Crippen LogP contribution is -2.14. The van der Waals surface area contributed by atoms with Crippen LogP contribution < -0.4 is 0 Å². The lowest BCUT2D eigenvalue weighted by Gasteiger charge is -2.08. The molecule has 1 heterocycles. The van der Waals surface area contributed by atoms with E-state index >= 15 is 0 Å². The molecule has 1 rings (SSSR count). The van der Waals surface area contributed by atoms with E-state index in [1.165, 1.54) is 11.7 Å². The molecule has 0 unspecified atom stereocenters. The summed E-state index contributed by atoms with van der Waals surface area (Å²) in [6.07, 6.45) is 6.04. The molecule has 1 radical (unpaired) electrons. The van der Waals surface area contributed by atoms with Crippen LogP contribution in [0.2, 0.25) is 12.1 Å². The molecule has 0 spiro atoms. The standard InChI is InChI=1S/C11H16NSi/c1-3-8-13(9-4-2)10-11-6-5-7-12-11/h3-7,12H,1-2,8-10H2. The van der Waals surface area contributed by atoms with Gasteiger partial charge in [0.05, 0.1) is 8.80 Å². The van der Waals surface area contributed by atoms with Crippen LogP contribution in [0, 0.1) is 0 Å².